The van der Waals surface area contributed by atoms with Gasteiger partial charge in [0.2, 0.25) is 5.75 Å². The van der Waals surface area contributed by atoms with Gasteiger partial charge in [0, 0.05) is 5.33 Å². The topological polar surface area (TPSA) is 27.7 Å². The number of methoxy groups -OCH3 is 2. The molecule has 0 unspecified atom stereocenters. The minimum atomic E-state index is 0.601. The van der Waals surface area contributed by atoms with Crippen molar-refractivity contribution in [3.63, 3.8) is 0 Å². The van der Waals surface area contributed by atoms with Gasteiger partial charge in [-0.25, -0.2) is 0 Å². The molecule has 14 heavy (non-hydrogen) atoms. The Morgan fingerprint density at radius 1 is 1.14 bits per heavy atom. The van der Waals surface area contributed by atoms with Crippen LogP contribution in [0.25, 0.3) is 0 Å². The van der Waals surface area contributed by atoms with E-state index in [1.54, 1.807) is 14.2 Å². The molecule has 1 rings (SSSR count). The van der Waals surface area contributed by atoms with Crippen molar-refractivity contribution in [2.24, 2.45) is 0 Å². The largest absolute Gasteiger partial charge is 0.493 e. The van der Waals surface area contributed by atoms with Gasteiger partial charge >= 0.3 is 0 Å². The molecule has 0 aliphatic heterocycles. The molecular formula is C10H13BrO3. The zero-order valence-electron chi connectivity index (χ0n) is 8.25. The van der Waals surface area contributed by atoms with Crippen LogP contribution in [-0.2, 0) is 0 Å². The molecule has 0 spiro atoms. The number of alkyl halides is 1. The van der Waals surface area contributed by atoms with E-state index in [1.165, 1.54) is 0 Å². The van der Waals surface area contributed by atoms with Gasteiger partial charge in [-0.3, -0.25) is 0 Å². The van der Waals surface area contributed by atoms with Gasteiger partial charge in [-0.1, -0.05) is 22.0 Å². The summed E-state index contributed by atoms with van der Waals surface area (Å²) in [6, 6.07) is 5.55. The van der Waals surface area contributed by atoms with Gasteiger partial charge in [0.1, 0.15) is 0 Å². The van der Waals surface area contributed by atoms with Gasteiger partial charge in [-0.2, -0.15) is 0 Å². The lowest BCUT2D eigenvalue weighted by Crippen LogP contribution is -2.00. The minimum absolute atomic E-state index is 0.601. The third-order valence-corrected chi connectivity index (χ3v) is 2.03. The number of hydrogen-bond donors (Lipinski definition) is 0. The van der Waals surface area contributed by atoms with E-state index in [1.807, 2.05) is 18.2 Å². The van der Waals surface area contributed by atoms with Crippen LogP contribution >= 0.6 is 15.9 Å². The Morgan fingerprint density at radius 3 is 2.43 bits per heavy atom. The van der Waals surface area contributed by atoms with Crippen molar-refractivity contribution in [1.29, 1.82) is 0 Å². The van der Waals surface area contributed by atoms with Crippen LogP contribution < -0.4 is 14.2 Å². The van der Waals surface area contributed by atoms with Crippen LogP contribution in [0.15, 0.2) is 18.2 Å². The highest BCUT2D eigenvalue weighted by molar-refractivity contribution is 9.09. The van der Waals surface area contributed by atoms with Crippen LogP contribution in [0.1, 0.15) is 0 Å². The number of para-hydroxylation sites is 1. The van der Waals surface area contributed by atoms with Gasteiger partial charge in [0.15, 0.2) is 11.5 Å². The summed E-state index contributed by atoms with van der Waals surface area (Å²) in [4.78, 5) is 0. The number of benzene rings is 1. The van der Waals surface area contributed by atoms with Crippen molar-refractivity contribution in [3.05, 3.63) is 18.2 Å². The molecule has 0 fully saturated rings. The summed E-state index contributed by atoms with van der Waals surface area (Å²) in [6.07, 6.45) is 0. The van der Waals surface area contributed by atoms with Crippen LogP contribution in [0.3, 0.4) is 0 Å². The van der Waals surface area contributed by atoms with E-state index in [4.69, 9.17) is 14.2 Å². The van der Waals surface area contributed by atoms with Crippen LogP contribution in [0.4, 0.5) is 0 Å². The SMILES string of the molecule is COc1cccc(OCCBr)c1OC. The van der Waals surface area contributed by atoms with Gasteiger partial charge in [-0.05, 0) is 12.1 Å². The molecule has 3 nitrogen and oxygen atoms in total. The third kappa shape index (κ3) is 2.54. The summed E-state index contributed by atoms with van der Waals surface area (Å²) in [7, 11) is 3.20. The smallest absolute Gasteiger partial charge is 0.203 e. The zero-order chi connectivity index (χ0) is 10.4. The highest BCUT2D eigenvalue weighted by atomic mass is 79.9. The minimum Gasteiger partial charge on any atom is -0.493 e. The average molecular weight is 261 g/mol. The van der Waals surface area contributed by atoms with E-state index in [-0.39, 0.29) is 0 Å². The van der Waals surface area contributed by atoms with Crippen LogP contribution in [0.5, 0.6) is 17.2 Å². The molecule has 0 aliphatic rings. The van der Waals surface area contributed by atoms with E-state index in [0.717, 1.165) is 5.33 Å². The first-order valence-corrected chi connectivity index (χ1v) is 5.35. The molecule has 0 radical (unpaired) electrons. The summed E-state index contributed by atoms with van der Waals surface area (Å²) in [6.45, 7) is 0.601. The number of halogens is 1. The fourth-order valence-corrected chi connectivity index (χ4v) is 1.28. The predicted molar refractivity (Wildman–Crippen MR) is 58.8 cm³/mol. The predicted octanol–water partition coefficient (Wildman–Crippen LogP) is 2.48. The second kappa shape index (κ2) is 5.75. The summed E-state index contributed by atoms with van der Waals surface area (Å²) >= 11 is 3.29. The van der Waals surface area contributed by atoms with Gasteiger partial charge in [0.25, 0.3) is 0 Å². The maximum atomic E-state index is 5.47. The lowest BCUT2D eigenvalue weighted by molar-refractivity contribution is 0.299. The third-order valence-electron chi connectivity index (χ3n) is 1.70. The summed E-state index contributed by atoms with van der Waals surface area (Å²) in [5.41, 5.74) is 0. The fourth-order valence-electron chi connectivity index (χ4n) is 1.12. The van der Waals surface area contributed by atoms with E-state index >= 15 is 0 Å². The molecule has 0 bridgehead atoms. The highest BCUT2D eigenvalue weighted by Crippen LogP contribution is 2.36. The molecule has 0 aliphatic carbocycles. The van der Waals surface area contributed by atoms with E-state index in [2.05, 4.69) is 15.9 Å². The Bertz CT molecular complexity index is 289. The average Bonchev–Trinajstić information content (AvgIpc) is 2.25. The fraction of sp³-hybridized carbons (Fsp3) is 0.400. The molecule has 0 heterocycles. The number of ether oxygens (including phenoxy) is 3. The normalized spacial score (nSPS) is 9.64. The second-order valence-corrected chi connectivity index (χ2v) is 3.32. The summed E-state index contributed by atoms with van der Waals surface area (Å²) < 4.78 is 15.8. The van der Waals surface area contributed by atoms with Crippen molar-refractivity contribution in [1.82, 2.24) is 0 Å². The molecule has 4 heteroatoms. The maximum absolute atomic E-state index is 5.47. The molecule has 0 saturated carbocycles. The first-order valence-electron chi connectivity index (χ1n) is 4.23. The van der Waals surface area contributed by atoms with Gasteiger partial charge < -0.3 is 14.2 Å². The summed E-state index contributed by atoms with van der Waals surface area (Å²) in [5.74, 6) is 2.02. The zero-order valence-corrected chi connectivity index (χ0v) is 9.83. The van der Waals surface area contributed by atoms with Crippen molar-refractivity contribution in [2.45, 2.75) is 0 Å². The maximum Gasteiger partial charge on any atom is 0.203 e. The standard InChI is InChI=1S/C10H13BrO3/c1-12-8-4-3-5-9(10(8)13-2)14-7-6-11/h3-5H,6-7H2,1-2H3. The van der Waals surface area contributed by atoms with Crippen LogP contribution in [0.2, 0.25) is 0 Å². The van der Waals surface area contributed by atoms with Crippen LogP contribution in [-0.4, -0.2) is 26.2 Å². The van der Waals surface area contributed by atoms with Crippen molar-refractivity contribution >= 4 is 15.9 Å². The van der Waals surface area contributed by atoms with Crippen molar-refractivity contribution < 1.29 is 14.2 Å². The first kappa shape index (κ1) is 11.2. The Kier molecular flexibility index (Phi) is 4.59. The molecule has 0 N–H and O–H groups in total. The number of rotatable bonds is 5. The molecule has 1 aromatic rings. The Morgan fingerprint density at radius 2 is 1.86 bits per heavy atom. The monoisotopic (exact) mass is 260 g/mol. The molecule has 0 amide bonds. The lowest BCUT2D eigenvalue weighted by Gasteiger charge is -2.12. The second-order valence-electron chi connectivity index (χ2n) is 2.53. The molecule has 0 saturated heterocycles. The molecule has 0 aromatic heterocycles. The van der Waals surface area contributed by atoms with Gasteiger partial charge in [0.05, 0.1) is 20.8 Å². The first-order chi connectivity index (χ1) is 6.83. The Balaban J connectivity index is 2.90. The van der Waals surface area contributed by atoms with E-state index < -0.39 is 0 Å². The van der Waals surface area contributed by atoms with E-state index in [9.17, 15) is 0 Å². The summed E-state index contributed by atoms with van der Waals surface area (Å²) in [5, 5.41) is 0.785. The van der Waals surface area contributed by atoms with Crippen LogP contribution in [0, 0.1) is 0 Å². The number of hydrogen-bond acceptors (Lipinski definition) is 3. The molecular weight excluding hydrogens is 248 g/mol. The Labute approximate surface area is 92.1 Å². The van der Waals surface area contributed by atoms with E-state index in [0.29, 0.717) is 23.9 Å². The molecule has 1 aromatic carbocycles. The molecule has 0 atom stereocenters. The lowest BCUT2D eigenvalue weighted by atomic mass is 10.3. The van der Waals surface area contributed by atoms with Crippen molar-refractivity contribution in [2.75, 3.05) is 26.2 Å². The highest BCUT2D eigenvalue weighted by Gasteiger charge is 2.09. The quantitative estimate of drug-likeness (QED) is 0.762. The molecule has 78 valence electrons. The van der Waals surface area contributed by atoms with Crippen molar-refractivity contribution in [3.8, 4) is 17.2 Å². The van der Waals surface area contributed by atoms with Gasteiger partial charge in [-0.15, -0.1) is 0 Å². The Hall–Kier alpha value is -0.900.